The Hall–Kier alpha value is -1.86. The lowest BCUT2D eigenvalue weighted by Crippen LogP contribution is -2.24. The summed E-state index contributed by atoms with van der Waals surface area (Å²) in [6, 6.07) is 5.78. The average Bonchev–Trinajstić information content (AvgIpc) is 2.72. The lowest BCUT2D eigenvalue weighted by Gasteiger charge is -2.18. The zero-order chi connectivity index (χ0) is 18.8. The molecule has 134 valence electrons. The normalized spacial score (nSPS) is 11.8. The third-order valence-electron chi connectivity index (χ3n) is 3.40. The zero-order valence-corrected chi connectivity index (χ0v) is 18.1. The molecule has 1 aromatic carbocycles. The molecule has 2 rings (SSSR count). The number of halogens is 1. The summed E-state index contributed by atoms with van der Waals surface area (Å²) in [6.07, 6.45) is 1.71. The van der Waals surface area contributed by atoms with Crippen LogP contribution < -0.4 is 4.74 Å². The first-order valence-corrected chi connectivity index (χ1v) is 12.2. The molecule has 0 aliphatic carbocycles. The van der Waals surface area contributed by atoms with E-state index < -0.39 is 8.32 Å². The summed E-state index contributed by atoms with van der Waals surface area (Å²) in [5.74, 6) is 1.88. The predicted octanol–water partition coefficient (Wildman–Crippen LogP) is 5.33. The molecule has 5 nitrogen and oxygen atoms in total. The van der Waals surface area contributed by atoms with Crippen molar-refractivity contribution in [1.29, 1.82) is 0 Å². The van der Waals surface area contributed by atoms with Gasteiger partial charge in [0, 0.05) is 23.3 Å². The molecule has 0 N–H and O–H groups in total. The van der Waals surface area contributed by atoms with E-state index >= 15 is 0 Å². The monoisotopic (exact) mass is 421 g/mol. The highest BCUT2D eigenvalue weighted by molar-refractivity contribution is 9.10. The molecule has 25 heavy (non-hydrogen) atoms. The van der Waals surface area contributed by atoms with Crippen LogP contribution >= 0.6 is 15.9 Å². The number of rotatable bonds is 6. The Bertz CT molecular complexity index is 822. The molecule has 0 aliphatic rings. The van der Waals surface area contributed by atoms with E-state index in [0.717, 1.165) is 27.2 Å². The van der Waals surface area contributed by atoms with E-state index in [1.165, 1.54) is 0 Å². The molecule has 0 saturated heterocycles. The second-order valence-electron chi connectivity index (χ2n) is 6.77. The van der Waals surface area contributed by atoms with Crippen molar-refractivity contribution in [1.82, 2.24) is 9.78 Å². The molecule has 0 amide bonds. The van der Waals surface area contributed by atoms with Gasteiger partial charge < -0.3 is 9.16 Å². The maximum absolute atomic E-state index is 6.12. The van der Waals surface area contributed by atoms with Crippen LogP contribution in [0.4, 0.5) is 0 Å². The summed E-state index contributed by atoms with van der Waals surface area (Å²) in [6.45, 7) is 14.1. The van der Waals surface area contributed by atoms with E-state index in [4.69, 9.17) is 9.16 Å². The zero-order valence-electron chi connectivity index (χ0n) is 15.6. The van der Waals surface area contributed by atoms with Crippen molar-refractivity contribution in [3.8, 4) is 11.5 Å². The first-order chi connectivity index (χ1) is 11.6. The Morgan fingerprint density at radius 2 is 2.00 bits per heavy atom. The molecule has 0 bridgehead atoms. The second kappa shape index (κ2) is 7.57. The van der Waals surface area contributed by atoms with Gasteiger partial charge in [0.05, 0.1) is 5.69 Å². The number of benzene rings is 1. The van der Waals surface area contributed by atoms with Crippen LogP contribution in [-0.2, 0) is 11.5 Å². The van der Waals surface area contributed by atoms with Gasteiger partial charge in [-0.2, -0.15) is 5.10 Å². The van der Waals surface area contributed by atoms with Crippen LogP contribution in [0.3, 0.4) is 0 Å². The van der Waals surface area contributed by atoms with E-state index in [2.05, 4.69) is 52.2 Å². The predicted molar refractivity (Wildman–Crippen MR) is 108 cm³/mol. The second-order valence-corrected chi connectivity index (χ2v) is 12.1. The van der Waals surface area contributed by atoms with Crippen molar-refractivity contribution in [2.75, 3.05) is 0 Å². The van der Waals surface area contributed by atoms with Crippen molar-refractivity contribution >= 4 is 30.5 Å². The number of aromatic nitrogens is 2. The van der Waals surface area contributed by atoms with Gasteiger partial charge in [-0.25, -0.2) is 4.99 Å². The Kier molecular flexibility index (Phi) is 5.90. The number of ether oxygens (including phenoxy) is 1. The van der Waals surface area contributed by atoms with E-state index in [1.807, 2.05) is 39.1 Å². The highest BCUT2D eigenvalue weighted by atomic mass is 79.9. The fourth-order valence-electron chi connectivity index (χ4n) is 2.25. The van der Waals surface area contributed by atoms with Crippen LogP contribution in [0.15, 0.2) is 40.1 Å². The minimum atomic E-state index is -1.72. The Morgan fingerprint density at radius 3 is 2.56 bits per heavy atom. The summed E-state index contributed by atoms with van der Waals surface area (Å²) in [4.78, 5) is 4.34. The quantitative estimate of drug-likeness (QED) is 0.359. The highest BCUT2D eigenvalue weighted by Crippen LogP contribution is 2.31. The Labute approximate surface area is 158 Å². The lowest BCUT2D eigenvalue weighted by atomic mass is 10.2. The molecule has 0 fully saturated rings. The first kappa shape index (κ1) is 19.5. The number of aryl methyl sites for hydroxylation is 2. The molecule has 0 spiro atoms. The van der Waals surface area contributed by atoms with Crippen molar-refractivity contribution in [3.05, 3.63) is 52.1 Å². The van der Waals surface area contributed by atoms with Crippen LogP contribution in [0, 0.1) is 13.8 Å². The van der Waals surface area contributed by atoms with Gasteiger partial charge in [-0.15, -0.1) is 0 Å². The Balaban J connectivity index is 2.30. The van der Waals surface area contributed by atoms with Crippen LogP contribution in [-0.4, -0.2) is 24.3 Å². The molecule has 0 radical (unpaired) electrons. The van der Waals surface area contributed by atoms with Gasteiger partial charge in [0.15, 0.2) is 11.6 Å². The SMILES string of the molecule is C=C(/N=C/c1cc(Br)ccc1Oc1c(C)nn(C)c1C)O[Si](C)(C)C. The van der Waals surface area contributed by atoms with Gasteiger partial charge in [0.25, 0.3) is 0 Å². The van der Waals surface area contributed by atoms with E-state index in [9.17, 15) is 0 Å². The van der Waals surface area contributed by atoms with Crippen molar-refractivity contribution < 1.29 is 9.16 Å². The van der Waals surface area contributed by atoms with Crippen LogP contribution in [0.5, 0.6) is 11.5 Å². The third-order valence-corrected chi connectivity index (χ3v) is 4.74. The van der Waals surface area contributed by atoms with Gasteiger partial charge >= 0.3 is 0 Å². The molecule has 1 aromatic heterocycles. The van der Waals surface area contributed by atoms with Gasteiger partial charge in [-0.05, 0) is 58.3 Å². The molecular formula is C18H24BrN3O2Si. The largest absolute Gasteiger partial charge is 0.532 e. The molecule has 7 heteroatoms. The van der Waals surface area contributed by atoms with Gasteiger partial charge in [-0.1, -0.05) is 15.9 Å². The minimum absolute atomic E-state index is 0.416. The maximum atomic E-state index is 6.12. The molecule has 0 saturated carbocycles. The molecule has 0 atom stereocenters. The van der Waals surface area contributed by atoms with E-state index in [0.29, 0.717) is 11.6 Å². The van der Waals surface area contributed by atoms with Crippen LogP contribution in [0.1, 0.15) is 17.0 Å². The number of nitrogens with zero attached hydrogens (tertiary/aromatic N) is 3. The standard InChI is InChI=1S/C18H24BrN3O2Si/c1-12-18(13(2)22(4)21-12)23-17-9-8-16(19)10-15(17)11-20-14(3)24-25(5,6)7/h8-11H,3H2,1-2,4-7H3/b20-11+. The topological polar surface area (TPSA) is 48.6 Å². The number of hydrogen-bond acceptors (Lipinski definition) is 4. The third kappa shape index (κ3) is 5.30. The van der Waals surface area contributed by atoms with Crippen molar-refractivity contribution in [2.45, 2.75) is 33.5 Å². The smallest absolute Gasteiger partial charge is 0.244 e. The molecular weight excluding hydrogens is 398 g/mol. The van der Waals surface area contributed by atoms with Gasteiger partial charge in [0.1, 0.15) is 11.4 Å². The van der Waals surface area contributed by atoms with E-state index in [-0.39, 0.29) is 0 Å². The van der Waals surface area contributed by atoms with Crippen LogP contribution in [0.25, 0.3) is 0 Å². The maximum Gasteiger partial charge on any atom is 0.244 e. The van der Waals surface area contributed by atoms with Crippen molar-refractivity contribution in [3.63, 3.8) is 0 Å². The van der Waals surface area contributed by atoms with Gasteiger partial charge in [-0.3, -0.25) is 4.68 Å². The number of aliphatic imine (C=N–C) groups is 1. The molecule has 2 aromatic rings. The summed E-state index contributed by atoms with van der Waals surface area (Å²) in [5, 5.41) is 4.39. The summed E-state index contributed by atoms with van der Waals surface area (Å²) >= 11 is 3.49. The average molecular weight is 422 g/mol. The molecule has 1 heterocycles. The lowest BCUT2D eigenvalue weighted by molar-refractivity contribution is 0.421. The summed E-state index contributed by atoms with van der Waals surface area (Å²) in [7, 11) is 0.179. The Morgan fingerprint density at radius 1 is 1.32 bits per heavy atom. The van der Waals surface area contributed by atoms with Gasteiger partial charge in [0.2, 0.25) is 8.32 Å². The molecule has 0 aliphatic heterocycles. The first-order valence-electron chi connectivity index (χ1n) is 7.96. The fraction of sp³-hybridized carbons (Fsp3) is 0.333. The fourth-order valence-corrected chi connectivity index (χ4v) is 3.38. The van der Waals surface area contributed by atoms with Crippen molar-refractivity contribution in [2.24, 2.45) is 12.0 Å². The summed E-state index contributed by atoms with van der Waals surface area (Å²) < 4.78 is 14.6. The minimum Gasteiger partial charge on any atom is -0.532 e. The van der Waals surface area contributed by atoms with E-state index in [1.54, 1.807) is 10.9 Å². The molecule has 0 unspecified atom stereocenters. The summed E-state index contributed by atoms with van der Waals surface area (Å²) in [5.41, 5.74) is 2.64. The van der Waals surface area contributed by atoms with Crippen LogP contribution in [0.2, 0.25) is 19.6 Å². The highest BCUT2D eigenvalue weighted by Gasteiger charge is 2.17. The number of hydrogen-bond donors (Lipinski definition) is 0.